The van der Waals surface area contributed by atoms with Crippen LogP contribution in [-0.4, -0.2) is 37.1 Å². The Labute approximate surface area is 161 Å². The van der Waals surface area contributed by atoms with E-state index in [0.29, 0.717) is 6.54 Å². The topological polar surface area (TPSA) is 41.6 Å². The predicted molar refractivity (Wildman–Crippen MR) is 106 cm³/mol. The Morgan fingerprint density at radius 2 is 1.63 bits per heavy atom. The minimum Gasteiger partial charge on any atom is -0.379 e. The second kappa shape index (κ2) is 8.24. The molecule has 1 saturated heterocycles. The maximum Gasteiger partial charge on any atom is 0.230 e. The summed E-state index contributed by atoms with van der Waals surface area (Å²) >= 11 is 0. The number of ether oxygens (including phenoxy) is 1. The van der Waals surface area contributed by atoms with Crippen LogP contribution in [0, 0.1) is 0 Å². The summed E-state index contributed by atoms with van der Waals surface area (Å²) in [5.41, 5.74) is 3.32. The largest absolute Gasteiger partial charge is 0.379 e. The monoisotopic (exact) mass is 364 g/mol. The third-order valence-electron chi connectivity index (χ3n) is 6.02. The molecule has 2 aromatic carbocycles. The van der Waals surface area contributed by atoms with Gasteiger partial charge in [0.25, 0.3) is 0 Å². The van der Waals surface area contributed by atoms with E-state index in [-0.39, 0.29) is 11.3 Å². The van der Waals surface area contributed by atoms with E-state index in [9.17, 15) is 4.79 Å². The summed E-state index contributed by atoms with van der Waals surface area (Å²) in [6, 6.07) is 18.7. The molecular formula is C23H28N2O2. The molecule has 2 aromatic rings. The van der Waals surface area contributed by atoms with Crippen molar-refractivity contribution in [1.29, 1.82) is 0 Å². The molecule has 1 aliphatic heterocycles. The van der Waals surface area contributed by atoms with Crippen molar-refractivity contribution in [3.8, 4) is 0 Å². The van der Waals surface area contributed by atoms with Crippen LogP contribution in [0.15, 0.2) is 54.6 Å². The average Bonchev–Trinajstić information content (AvgIpc) is 2.68. The van der Waals surface area contributed by atoms with Crippen LogP contribution in [-0.2, 0) is 28.0 Å². The zero-order chi connectivity index (χ0) is 18.5. The summed E-state index contributed by atoms with van der Waals surface area (Å²) in [4.78, 5) is 15.5. The Kier molecular flexibility index (Phi) is 5.55. The molecule has 1 amide bonds. The molecule has 142 valence electrons. The first-order chi connectivity index (χ1) is 13.3. The lowest BCUT2D eigenvalue weighted by Crippen LogP contribution is -2.49. The standard InChI is InChI=1S/C23H28N2O2/c26-22(23(11-6-12-23)21-9-2-1-3-10-21)24-17-19-7-4-5-8-20(19)18-25-13-15-27-16-14-25/h1-5,7-10H,6,11-18H2,(H,24,26). The number of morpholine rings is 1. The lowest BCUT2D eigenvalue weighted by Gasteiger charge is -2.40. The zero-order valence-corrected chi connectivity index (χ0v) is 15.8. The van der Waals surface area contributed by atoms with E-state index in [1.165, 1.54) is 11.1 Å². The SMILES string of the molecule is O=C(NCc1ccccc1CN1CCOCC1)C1(c2ccccc2)CCC1. The van der Waals surface area contributed by atoms with Crippen molar-refractivity contribution in [2.24, 2.45) is 0 Å². The number of amides is 1. The number of carbonyl (C=O) groups is 1. The quantitative estimate of drug-likeness (QED) is 0.855. The maximum absolute atomic E-state index is 13.1. The van der Waals surface area contributed by atoms with Crippen LogP contribution in [0.2, 0.25) is 0 Å². The first-order valence-electron chi connectivity index (χ1n) is 9.99. The molecule has 1 saturated carbocycles. The van der Waals surface area contributed by atoms with E-state index < -0.39 is 0 Å². The van der Waals surface area contributed by atoms with E-state index in [1.54, 1.807) is 0 Å². The van der Waals surface area contributed by atoms with Gasteiger partial charge in [0.15, 0.2) is 0 Å². The second-order valence-corrected chi connectivity index (χ2v) is 7.64. The predicted octanol–water partition coefficient (Wildman–Crippen LogP) is 3.26. The molecule has 1 heterocycles. The Balaban J connectivity index is 1.43. The molecule has 0 aromatic heterocycles. The maximum atomic E-state index is 13.1. The van der Waals surface area contributed by atoms with Gasteiger partial charge in [-0.25, -0.2) is 0 Å². The van der Waals surface area contributed by atoms with Gasteiger partial charge in [-0.05, 0) is 29.5 Å². The van der Waals surface area contributed by atoms with Crippen LogP contribution in [0.1, 0.15) is 36.0 Å². The van der Waals surface area contributed by atoms with Crippen LogP contribution in [0.5, 0.6) is 0 Å². The van der Waals surface area contributed by atoms with Gasteiger partial charge in [0.2, 0.25) is 5.91 Å². The normalized spacial score (nSPS) is 19.3. The first-order valence-corrected chi connectivity index (χ1v) is 9.99. The van der Waals surface area contributed by atoms with Crippen LogP contribution in [0.4, 0.5) is 0 Å². The van der Waals surface area contributed by atoms with E-state index in [1.807, 2.05) is 18.2 Å². The van der Waals surface area contributed by atoms with Gasteiger partial charge in [0.1, 0.15) is 0 Å². The number of nitrogens with one attached hydrogen (secondary N) is 1. The van der Waals surface area contributed by atoms with Crippen molar-refractivity contribution >= 4 is 5.91 Å². The third-order valence-corrected chi connectivity index (χ3v) is 6.02. The highest BCUT2D eigenvalue weighted by Crippen LogP contribution is 2.43. The average molecular weight is 364 g/mol. The Bertz CT molecular complexity index is 765. The van der Waals surface area contributed by atoms with Crippen molar-refractivity contribution in [2.75, 3.05) is 26.3 Å². The molecule has 4 nitrogen and oxygen atoms in total. The van der Waals surface area contributed by atoms with Gasteiger partial charge >= 0.3 is 0 Å². The molecule has 1 N–H and O–H groups in total. The number of rotatable bonds is 6. The molecule has 0 radical (unpaired) electrons. The molecule has 0 unspecified atom stereocenters. The van der Waals surface area contributed by atoms with Crippen LogP contribution in [0.3, 0.4) is 0 Å². The van der Waals surface area contributed by atoms with E-state index in [0.717, 1.165) is 57.7 Å². The summed E-state index contributed by atoms with van der Waals surface area (Å²) in [7, 11) is 0. The molecule has 2 fully saturated rings. The molecule has 1 aliphatic carbocycles. The number of benzene rings is 2. The van der Waals surface area contributed by atoms with Crippen LogP contribution >= 0.6 is 0 Å². The zero-order valence-electron chi connectivity index (χ0n) is 15.8. The van der Waals surface area contributed by atoms with Crippen LogP contribution in [0.25, 0.3) is 0 Å². The van der Waals surface area contributed by atoms with Crippen molar-refractivity contribution in [3.63, 3.8) is 0 Å². The van der Waals surface area contributed by atoms with Gasteiger partial charge in [0, 0.05) is 26.2 Å². The molecule has 2 aliphatic rings. The molecule has 0 bridgehead atoms. The Morgan fingerprint density at radius 1 is 0.963 bits per heavy atom. The van der Waals surface area contributed by atoms with E-state index in [4.69, 9.17) is 4.74 Å². The Morgan fingerprint density at radius 3 is 2.30 bits per heavy atom. The number of carbonyl (C=O) groups excluding carboxylic acids is 1. The highest BCUT2D eigenvalue weighted by molar-refractivity contribution is 5.89. The van der Waals surface area contributed by atoms with Crippen molar-refractivity contribution in [2.45, 2.75) is 37.8 Å². The van der Waals surface area contributed by atoms with Gasteiger partial charge in [-0.2, -0.15) is 0 Å². The Hall–Kier alpha value is -2.17. The summed E-state index contributed by atoms with van der Waals surface area (Å²) < 4.78 is 5.45. The van der Waals surface area contributed by atoms with Crippen molar-refractivity contribution in [1.82, 2.24) is 10.2 Å². The summed E-state index contributed by atoms with van der Waals surface area (Å²) in [6.45, 7) is 5.06. The van der Waals surface area contributed by atoms with Crippen LogP contribution < -0.4 is 5.32 Å². The molecule has 0 spiro atoms. The smallest absolute Gasteiger partial charge is 0.230 e. The fourth-order valence-electron chi connectivity index (χ4n) is 4.16. The molecule has 27 heavy (non-hydrogen) atoms. The molecular weight excluding hydrogens is 336 g/mol. The van der Waals surface area contributed by atoms with E-state index in [2.05, 4.69) is 46.6 Å². The third kappa shape index (κ3) is 3.92. The highest BCUT2D eigenvalue weighted by Gasteiger charge is 2.45. The lowest BCUT2D eigenvalue weighted by molar-refractivity contribution is -0.130. The fourth-order valence-corrected chi connectivity index (χ4v) is 4.16. The summed E-state index contributed by atoms with van der Waals surface area (Å²) in [6.07, 6.45) is 3.01. The minimum atomic E-state index is -0.333. The molecule has 4 heteroatoms. The number of nitrogens with zero attached hydrogens (tertiary/aromatic N) is 1. The fraction of sp³-hybridized carbons (Fsp3) is 0.435. The number of hydrogen-bond acceptors (Lipinski definition) is 3. The minimum absolute atomic E-state index is 0.168. The molecule has 0 atom stereocenters. The van der Waals surface area contributed by atoms with Crippen molar-refractivity contribution in [3.05, 3.63) is 71.3 Å². The van der Waals surface area contributed by atoms with Gasteiger partial charge < -0.3 is 10.1 Å². The summed E-state index contributed by atoms with van der Waals surface area (Å²) in [5, 5.41) is 3.24. The highest BCUT2D eigenvalue weighted by atomic mass is 16.5. The van der Waals surface area contributed by atoms with Gasteiger partial charge in [0.05, 0.1) is 18.6 Å². The second-order valence-electron chi connectivity index (χ2n) is 7.64. The van der Waals surface area contributed by atoms with Gasteiger partial charge in [-0.1, -0.05) is 61.0 Å². The van der Waals surface area contributed by atoms with E-state index >= 15 is 0 Å². The molecule has 4 rings (SSSR count). The van der Waals surface area contributed by atoms with Crippen molar-refractivity contribution < 1.29 is 9.53 Å². The first kappa shape index (κ1) is 18.2. The summed E-state index contributed by atoms with van der Waals surface area (Å²) in [5.74, 6) is 0.168. The number of hydrogen-bond donors (Lipinski definition) is 1. The van der Waals surface area contributed by atoms with Gasteiger partial charge in [-0.15, -0.1) is 0 Å². The lowest BCUT2D eigenvalue weighted by atomic mass is 9.64. The van der Waals surface area contributed by atoms with Gasteiger partial charge in [-0.3, -0.25) is 9.69 Å².